The summed E-state index contributed by atoms with van der Waals surface area (Å²) in [6, 6.07) is 2.13. The Hall–Kier alpha value is -0.895. The van der Waals surface area contributed by atoms with E-state index in [4.69, 9.17) is 0 Å². The van der Waals surface area contributed by atoms with Crippen LogP contribution < -0.4 is 5.46 Å². The summed E-state index contributed by atoms with van der Waals surface area (Å²) in [6.45, 7) is 6.22. The molecule has 0 aliphatic heterocycles. The predicted molar refractivity (Wildman–Crippen MR) is 81.2 cm³/mol. The van der Waals surface area contributed by atoms with Gasteiger partial charge in [-0.2, -0.15) is 0 Å². The van der Waals surface area contributed by atoms with Crippen molar-refractivity contribution < 1.29 is 9.41 Å². The predicted octanol–water partition coefficient (Wildman–Crippen LogP) is 2.86. The van der Waals surface area contributed by atoms with Gasteiger partial charge in [-0.3, -0.25) is 9.37 Å². The highest BCUT2D eigenvalue weighted by molar-refractivity contribution is 6.46. The summed E-state index contributed by atoms with van der Waals surface area (Å²) < 4.78 is 12.7. The molecule has 0 bridgehead atoms. The van der Waals surface area contributed by atoms with Crippen molar-refractivity contribution in [1.82, 2.24) is 4.98 Å². The summed E-state index contributed by atoms with van der Waals surface area (Å²) in [4.78, 5) is 4.46. The van der Waals surface area contributed by atoms with Gasteiger partial charge in [0.15, 0.2) is 0 Å². The van der Waals surface area contributed by atoms with Crippen molar-refractivity contribution in [3.05, 3.63) is 23.5 Å². The second-order valence-electron chi connectivity index (χ2n) is 6.95. The third-order valence-corrected chi connectivity index (χ3v) is 4.38. The average Bonchev–Trinajstić information content (AvgIpc) is 2.45. The van der Waals surface area contributed by atoms with E-state index in [1.807, 2.05) is 0 Å². The minimum absolute atomic E-state index is 0.00111. The van der Waals surface area contributed by atoms with Crippen LogP contribution in [0.25, 0.3) is 0 Å². The van der Waals surface area contributed by atoms with Gasteiger partial charge in [0.1, 0.15) is 0 Å². The Bertz CT molecular complexity index is 450. The van der Waals surface area contributed by atoms with E-state index in [0.29, 0.717) is 5.92 Å². The van der Waals surface area contributed by atoms with Crippen LogP contribution in [0.15, 0.2) is 12.3 Å². The molecule has 2 nitrogen and oxygen atoms in total. The molecule has 1 heterocycles. The van der Waals surface area contributed by atoms with Gasteiger partial charge < -0.3 is 5.02 Å². The van der Waals surface area contributed by atoms with Crippen molar-refractivity contribution in [1.29, 1.82) is 0 Å². The first-order chi connectivity index (χ1) is 9.45. The molecule has 1 aromatic heterocycles. The number of hydrogen-bond acceptors (Lipinski definition) is 2. The van der Waals surface area contributed by atoms with E-state index >= 15 is 0 Å². The molecule has 109 valence electrons. The molecule has 1 aliphatic carbocycles. The Balaban J connectivity index is 2.25. The number of nitrogens with zero attached hydrogens (tertiary/aromatic N) is 1. The molecule has 0 aromatic carbocycles. The third kappa shape index (κ3) is 3.40. The van der Waals surface area contributed by atoms with Crippen LogP contribution in [0, 0.1) is 5.92 Å². The zero-order chi connectivity index (χ0) is 14.8. The van der Waals surface area contributed by atoms with Crippen molar-refractivity contribution in [2.75, 3.05) is 6.67 Å². The smallest absolute Gasteiger partial charge is 0.328 e. The summed E-state index contributed by atoms with van der Waals surface area (Å²) in [5.74, 6) is 0.650. The lowest BCUT2D eigenvalue weighted by molar-refractivity contribution is 0.263. The van der Waals surface area contributed by atoms with Crippen LogP contribution in [-0.2, 0) is 5.41 Å². The number of aromatic nitrogens is 1. The second kappa shape index (κ2) is 6.25. The molecular weight excluding hydrogens is 252 g/mol. The van der Waals surface area contributed by atoms with Crippen LogP contribution >= 0.6 is 0 Å². The molecule has 0 atom stereocenters. The largest absolute Gasteiger partial charge is 0.450 e. The third-order valence-electron chi connectivity index (χ3n) is 4.38. The fourth-order valence-corrected chi connectivity index (χ4v) is 2.98. The van der Waals surface area contributed by atoms with Crippen molar-refractivity contribution >= 4 is 12.9 Å². The summed E-state index contributed by atoms with van der Waals surface area (Å²) in [7, 11) is 1.15. The summed E-state index contributed by atoms with van der Waals surface area (Å²) >= 11 is 0. The molecule has 0 saturated heterocycles. The summed E-state index contributed by atoms with van der Waals surface area (Å²) in [5.41, 5.74) is 3.02. The lowest BCUT2D eigenvalue weighted by atomic mass is 9.73. The van der Waals surface area contributed by atoms with Gasteiger partial charge >= 0.3 is 7.48 Å². The van der Waals surface area contributed by atoms with Gasteiger partial charge in [0.2, 0.25) is 0 Å². The highest BCUT2D eigenvalue weighted by atomic mass is 19.1. The molecule has 0 spiro atoms. The second-order valence-corrected chi connectivity index (χ2v) is 6.95. The van der Waals surface area contributed by atoms with E-state index < -0.39 is 0 Å². The molecule has 0 amide bonds. The van der Waals surface area contributed by atoms with Crippen LogP contribution in [0.2, 0.25) is 0 Å². The van der Waals surface area contributed by atoms with E-state index in [1.54, 1.807) is 6.20 Å². The summed E-state index contributed by atoms with van der Waals surface area (Å²) in [5, 5.41) is 9.42. The molecule has 1 aliphatic rings. The minimum Gasteiger partial charge on any atom is -0.450 e. The maximum absolute atomic E-state index is 12.7. The maximum atomic E-state index is 12.7. The minimum atomic E-state index is -0.199. The highest BCUT2D eigenvalue weighted by Gasteiger charge is 2.26. The van der Waals surface area contributed by atoms with Gasteiger partial charge in [-0.25, -0.2) is 0 Å². The number of pyridine rings is 1. The average molecular weight is 276 g/mol. The Kier molecular flexibility index (Phi) is 4.84. The van der Waals surface area contributed by atoms with Crippen molar-refractivity contribution in [3.63, 3.8) is 0 Å². The number of hydrogen-bond donors (Lipinski definition) is 1. The monoisotopic (exact) mass is 276 g/mol. The Morgan fingerprint density at radius 2 is 1.95 bits per heavy atom. The number of halogens is 1. The van der Waals surface area contributed by atoms with Gasteiger partial charge in [0.25, 0.3) is 0 Å². The molecule has 1 radical (unpaired) electrons. The van der Waals surface area contributed by atoms with E-state index in [1.165, 1.54) is 5.56 Å². The van der Waals surface area contributed by atoms with Crippen LogP contribution in [0.5, 0.6) is 0 Å². The molecule has 1 fully saturated rings. The maximum Gasteiger partial charge on any atom is 0.328 e. The Morgan fingerprint density at radius 1 is 1.30 bits per heavy atom. The van der Waals surface area contributed by atoms with Crippen LogP contribution in [0.1, 0.15) is 63.6 Å². The fraction of sp³-hybridized carbons (Fsp3) is 0.688. The van der Waals surface area contributed by atoms with Crippen molar-refractivity contribution in [3.8, 4) is 0 Å². The molecule has 1 saturated carbocycles. The van der Waals surface area contributed by atoms with E-state index in [9.17, 15) is 9.41 Å². The van der Waals surface area contributed by atoms with Gasteiger partial charge in [-0.15, -0.1) is 0 Å². The van der Waals surface area contributed by atoms with E-state index in [0.717, 1.165) is 44.3 Å². The van der Waals surface area contributed by atoms with Gasteiger partial charge in [-0.1, -0.05) is 20.8 Å². The lowest BCUT2D eigenvalue weighted by Crippen LogP contribution is -2.27. The number of alkyl halides is 1. The zero-order valence-corrected chi connectivity index (χ0v) is 12.7. The molecule has 20 heavy (non-hydrogen) atoms. The topological polar surface area (TPSA) is 33.1 Å². The van der Waals surface area contributed by atoms with Crippen molar-refractivity contribution in [2.45, 2.75) is 57.8 Å². The molecule has 0 unspecified atom stereocenters. The first-order valence-corrected chi connectivity index (χ1v) is 7.49. The van der Waals surface area contributed by atoms with Crippen LogP contribution in [0.4, 0.5) is 4.39 Å². The number of rotatable bonds is 3. The zero-order valence-electron chi connectivity index (χ0n) is 12.7. The fourth-order valence-electron chi connectivity index (χ4n) is 2.98. The SMILES string of the molecule is CC(C)(C)c1cc(C2CCC(CF)CC2)c([B]O)cn1. The molecule has 4 heteroatoms. The normalized spacial score (nSPS) is 23.6. The standard InChI is InChI=1S/C16H24BFNO/c1-16(2,3)15-8-13(14(17-20)10-19-15)12-6-4-11(9-18)5-7-12/h8,10-12,20H,4-7,9H2,1-3H3. The first-order valence-electron chi connectivity index (χ1n) is 7.49. The Morgan fingerprint density at radius 3 is 2.45 bits per heavy atom. The van der Waals surface area contributed by atoms with Crippen molar-refractivity contribution in [2.24, 2.45) is 5.92 Å². The van der Waals surface area contributed by atoms with Crippen LogP contribution in [-0.4, -0.2) is 24.2 Å². The quantitative estimate of drug-likeness (QED) is 0.861. The Labute approximate surface area is 122 Å². The molecular formula is C16H24BFNO. The van der Waals surface area contributed by atoms with Gasteiger partial charge in [0, 0.05) is 17.3 Å². The van der Waals surface area contributed by atoms with E-state index in [-0.39, 0.29) is 18.0 Å². The molecule has 1 N–H and O–H groups in total. The van der Waals surface area contributed by atoms with E-state index in [2.05, 4.69) is 31.8 Å². The highest BCUT2D eigenvalue weighted by Crippen LogP contribution is 2.36. The van der Waals surface area contributed by atoms with Crippen LogP contribution in [0.3, 0.4) is 0 Å². The summed E-state index contributed by atoms with van der Waals surface area (Å²) in [6.07, 6.45) is 5.65. The first kappa shape index (κ1) is 15.5. The molecule has 1 aromatic rings. The lowest BCUT2D eigenvalue weighted by Gasteiger charge is -2.29. The molecule has 2 rings (SSSR count). The van der Waals surface area contributed by atoms with Gasteiger partial charge in [0.05, 0.1) is 6.67 Å². The van der Waals surface area contributed by atoms with Gasteiger partial charge in [-0.05, 0) is 54.6 Å².